The highest BCUT2D eigenvalue weighted by atomic mass is 35.5. The van der Waals surface area contributed by atoms with Crippen molar-refractivity contribution in [1.29, 1.82) is 0 Å². The van der Waals surface area contributed by atoms with Crippen molar-refractivity contribution in [2.75, 3.05) is 26.8 Å². The molecule has 0 saturated carbocycles. The second-order valence-electron chi connectivity index (χ2n) is 9.19. The maximum atomic E-state index is 13.7. The van der Waals surface area contributed by atoms with Crippen LogP contribution in [-0.4, -0.2) is 56.4 Å². The highest BCUT2D eigenvalue weighted by molar-refractivity contribution is 7.89. The summed E-state index contributed by atoms with van der Waals surface area (Å²) < 4.78 is 39.5. The van der Waals surface area contributed by atoms with Gasteiger partial charge in [-0.25, -0.2) is 8.42 Å². The summed E-state index contributed by atoms with van der Waals surface area (Å²) in [5, 5.41) is 2.68. The number of fused-ring (bicyclic) bond motifs is 1. The fourth-order valence-electron chi connectivity index (χ4n) is 4.41. The van der Waals surface area contributed by atoms with Gasteiger partial charge in [-0.3, -0.25) is 4.79 Å². The second-order valence-corrected chi connectivity index (χ2v) is 12.5. The highest BCUT2D eigenvalue weighted by Gasteiger charge is 2.36. The predicted molar refractivity (Wildman–Crippen MR) is 146 cm³/mol. The zero-order valence-corrected chi connectivity index (χ0v) is 23.7. The minimum atomic E-state index is -3.90. The van der Waals surface area contributed by atoms with Crippen LogP contribution in [0, 0.1) is 6.92 Å². The van der Waals surface area contributed by atoms with Gasteiger partial charge in [-0.15, -0.1) is 11.3 Å². The highest BCUT2D eigenvalue weighted by Crippen LogP contribution is 2.35. The molecule has 198 valence electrons. The molecule has 37 heavy (non-hydrogen) atoms. The van der Waals surface area contributed by atoms with Gasteiger partial charge in [-0.2, -0.15) is 4.31 Å². The van der Waals surface area contributed by atoms with Crippen LogP contribution in [0.2, 0.25) is 5.02 Å². The van der Waals surface area contributed by atoms with Gasteiger partial charge in [0, 0.05) is 22.5 Å². The molecule has 0 N–H and O–H groups in total. The number of carbonyl (C=O) groups is 1. The van der Waals surface area contributed by atoms with Crippen LogP contribution >= 0.6 is 22.9 Å². The van der Waals surface area contributed by atoms with E-state index in [4.69, 9.17) is 21.1 Å². The van der Waals surface area contributed by atoms with E-state index in [2.05, 4.69) is 0 Å². The van der Waals surface area contributed by atoms with Gasteiger partial charge in [0.05, 0.1) is 24.6 Å². The van der Waals surface area contributed by atoms with Gasteiger partial charge in [0.15, 0.2) is 0 Å². The molecule has 2 heterocycles. The summed E-state index contributed by atoms with van der Waals surface area (Å²) in [4.78, 5) is 16.8. The average molecular weight is 563 g/mol. The molecule has 1 aromatic heterocycles. The first kappa shape index (κ1) is 27.4. The van der Waals surface area contributed by atoms with Crippen molar-refractivity contribution >= 4 is 38.9 Å². The molecule has 2 aromatic carbocycles. The molecule has 0 unspecified atom stereocenters. The van der Waals surface area contributed by atoms with E-state index in [0.29, 0.717) is 23.1 Å². The zero-order chi connectivity index (χ0) is 26.7. The summed E-state index contributed by atoms with van der Waals surface area (Å²) in [5.41, 5.74) is 1.95. The minimum Gasteiger partial charge on any atom is -0.497 e. The van der Waals surface area contributed by atoms with Crippen molar-refractivity contribution in [2.24, 2.45) is 0 Å². The number of hydrogen-bond acceptors (Lipinski definition) is 6. The van der Waals surface area contributed by atoms with E-state index in [1.165, 1.54) is 28.4 Å². The average Bonchev–Trinajstić information content (AvgIpc) is 3.36. The van der Waals surface area contributed by atoms with Crippen LogP contribution < -0.4 is 9.47 Å². The van der Waals surface area contributed by atoms with Crippen LogP contribution in [0.1, 0.15) is 35.9 Å². The van der Waals surface area contributed by atoms with Crippen molar-refractivity contribution in [3.8, 4) is 11.5 Å². The number of carbonyl (C=O) groups excluding carboxylic acids is 1. The maximum absolute atomic E-state index is 13.7. The second kappa shape index (κ2) is 11.4. The van der Waals surface area contributed by atoms with Gasteiger partial charge in [0.2, 0.25) is 15.9 Å². The topological polar surface area (TPSA) is 76.2 Å². The number of rotatable bonds is 9. The van der Waals surface area contributed by atoms with E-state index >= 15 is 0 Å². The summed E-state index contributed by atoms with van der Waals surface area (Å²) in [6.07, 6.45) is 0.724. The molecule has 7 nitrogen and oxygen atoms in total. The van der Waals surface area contributed by atoms with Crippen LogP contribution in [0.15, 0.2) is 58.8 Å². The Kier molecular flexibility index (Phi) is 8.48. The lowest BCUT2D eigenvalue weighted by atomic mass is 10.0. The number of nitrogens with zero attached hydrogens (tertiary/aromatic N) is 2. The summed E-state index contributed by atoms with van der Waals surface area (Å²) in [7, 11) is -2.38. The fourth-order valence-corrected chi connectivity index (χ4v) is 7.04. The summed E-state index contributed by atoms with van der Waals surface area (Å²) in [6.45, 7) is 5.93. The molecule has 3 aromatic rings. The van der Waals surface area contributed by atoms with E-state index in [1.807, 2.05) is 24.4 Å². The number of hydrogen-bond donors (Lipinski definition) is 0. The third kappa shape index (κ3) is 5.95. The van der Waals surface area contributed by atoms with E-state index in [9.17, 15) is 13.2 Å². The molecule has 0 radical (unpaired) electrons. The van der Waals surface area contributed by atoms with Crippen LogP contribution in [-0.2, 0) is 21.2 Å². The molecule has 4 rings (SSSR count). The molecule has 0 bridgehead atoms. The van der Waals surface area contributed by atoms with Crippen LogP contribution in [0.4, 0.5) is 0 Å². The van der Waals surface area contributed by atoms with E-state index < -0.39 is 16.1 Å². The van der Waals surface area contributed by atoms with Crippen LogP contribution in [0.3, 0.4) is 0 Å². The number of thiophene rings is 1. The number of aryl methyl sites for hydroxylation is 1. The van der Waals surface area contributed by atoms with Crippen molar-refractivity contribution in [2.45, 2.75) is 44.2 Å². The molecule has 1 amide bonds. The molecule has 0 fully saturated rings. The van der Waals surface area contributed by atoms with Gasteiger partial charge in [-0.05, 0) is 92.2 Å². The Balaban J connectivity index is 1.56. The first-order valence-electron chi connectivity index (χ1n) is 12.0. The quantitative estimate of drug-likeness (QED) is 0.353. The number of sulfonamides is 1. The van der Waals surface area contributed by atoms with Crippen molar-refractivity contribution in [3.05, 3.63) is 74.9 Å². The summed E-state index contributed by atoms with van der Waals surface area (Å²) in [6, 6.07) is 12.9. The van der Waals surface area contributed by atoms with E-state index in [1.54, 1.807) is 54.3 Å². The molecule has 0 spiro atoms. The fraction of sp³-hybridized carbons (Fsp3) is 0.370. The number of ether oxygens (including phenoxy) is 2. The van der Waals surface area contributed by atoms with Gasteiger partial charge >= 0.3 is 0 Å². The van der Waals surface area contributed by atoms with E-state index in [-0.39, 0.29) is 30.0 Å². The largest absolute Gasteiger partial charge is 0.497 e. The Bertz CT molecular complexity index is 1360. The van der Waals surface area contributed by atoms with Gasteiger partial charge in [0.25, 0.3) is 0 Å². The molecule has 0 saturated heterocycles. The van der Waals surface area contributed by atoms with Gasteiger partial charge < -0.3 is 14.4 Å². The summed E-state index contributed by atoms with van der Waals surface area (Å²) >= 11 is 7.81. The maximum Gasteiger partial charge on any atom is 0.243 e. The van der Waals surface area contributed by atoms with Gasteiger partial charge in [0.1, 0.15) is 18.1 Å². The van der Waals surface area contributed by atoms with Crippen LogP contribution in [0.25, 0.3) is 0 Å². The Labute approximate surface area is 227 Å². The minimum absolute atomic E-state index is 0.117. The Morgan fingerprint density at radius 2 is 1.86 bits per heavy atom. The van der Waals surface area contributed by atoms with Crippen molar-refractivity contribution < 1.29 is 22.7 Å². The number of benzene rings is 2. The Hall–Kier alpha value is -2.59. The summed E-state index contributed by atoms with van der Waals surface area (Å²) in [5.74, 6) is 0.968. The molecule has 1 atom stereocenters. The number of amides is 1. The first-order valence-corrected chi connectivity index (χ1v) is 14.7. The predicted octanol–water partition coefficient (Wildman–Crippen LogP) is 5.32. The normalized spacial score (nSPS) is 15.6. The number of halogens is 1. The number of methoxy groups -OCH3 is 1. The lowest BCUT2D eigenvalue weighted by Crippen LogP contribution is -2.49. The molecular formula is C27H31ClN2O5S2. The van der Waals surface area contributed by atoms with Crippen LogP contribution in [0.5, 0.6) is 11.5 Å². The smallest absolute Gasteiger partial charge is 0.243 e. The third-order valence-corrected chi connectivity index (χ3v) is 9.94. The monoisotopic (exact) mass is 562 g/mol. The molecular weight excluding hydrogens is 532 g/mol. The lowest BCUT2D eigenvalue weighted by Gasteiger charge is -2.37. The molecule has 1 aliphatic rings. The Morgan fingerprint density at radius 3 is 2.51 bits per heavy atom. The van der Waals surface area contributed by atoms with Crippen molar-refractivity contribution in [1.82, 2.24) is 9.21 Å². The molecule has 10 heteroatoms. The van der Waals surface area contributed by atoms with Crippen molar-refractivity contribution in [3.63, 3.8) is 0 Å². The zero-order valence-electron chi connectivity index (χ0n) is 21.3. The Morgan fingerprint density at radius 1 is 1.16 bits per heavy atom. The molecule has 0 aliphatic carbocycles. The molecule has 1 aliphatic heterocycles. The lowest BCUT2D eigenvalue weighted by molar-refractivity contribution is -0.135. The SMILES string of the molecule is COc1ccc(S(=O)(=O)N(CC(=O)N2CCc3sccc3[C@H]2COc2ccc(Cl)c(C)c2)C(C)C)cc1. The third-order valence-electron chi connectivity index (χ3n) is 6.49. The standard InChI is InChI=1S/C27H31ClN2O5S2/c1-18(2)30(37(32,33)22-8-5-20(34-4)6-9-22)16-27(31)29-13-11-26-23(12-14-36-26)25(29)17-35-21-7-10-24(28)19(3)15-21/h5-10,12,14-15,18,25H,11,13,16-17H2,1-4H3/t25-/m1/s1. The van der Waals surface area contributed by atoms with E-state index in [0.717, 1.165) is 17.5 Å². The van der Waals surface area contributed by atoms with Gasteiger partial charge in [-0.1, -0.05) is 11.6 Å². The first-order chi connectivity index (χ1) is 17.6.